The number of halogens is 3. The van der Waals surface area contributed by atoms with E-state index in [1.54, 1.807) is 12.1 Å². The van der Waals surface area contributed by atoms with Gasteiger partial charge in [-0.15, -0.1) is 24.0 Å². The molecule has 0 bridgehead atoms. The predicted molar refractivity (Wildman–Crippen MR) is 108 cm³/mol. The van der Waals surface area contributed by atoms with Crippen molar-refractivity contribution in [2.75, 3.05) is 5.32 Å². The molecule has 0 aliphatic rings. The number of guanidine groups is 1. The van der Waals surface area contributed by atoms with E-state index in [1.807, 2.05) is 39.0 Å². The third-order valence-corrected chi connectivity index (χ3v) is 3.63. The van der Waals surface area contributed by atoms with Crippen molar-refractivity contribution in [1.29, 1.82) is 0 Å². The summed E-state index contributed by atoms with van der Waals surface area (Å²) in [4.78, 5) is 4.21. The Balaban J connectivity index is 0.00000312. The fourth-order valence-corrected chi connectivity index (χ4v) is 2.22. The lowest BCUT2D eigenvalue weighted by atomic mass is 10.1. The van der Waals surface area contributed by atoms with E-state index in [2.05, 4.69) is 15.0 Å². The number of aliphatic imine (C=N–C) groups is 1. The molecular weight excluding hydrogens is 439 g/mol. The Kier molecular flexibility index (Phi) is 8.08. The normalized spacial score (nSPS) is 11.2. The van der Waals surface area contributed by atoms with Crippen LogP contribution in [0, 0.1) is 20.8 Å². The topological polar surface area (TPSA) is 59.6 Å². The monoisotopic (exact) mass is 461 g/mol. The molecule has 0 saturated carbocycles. The Hall–Kier alpha value is -1.90. The SMILES string of the molecule is Cc1ccc(OC(F)F)c(CN=C(N)Nc2ccc(C)c(C)c2)c1.I. The van der Waals surface area contributed by atoms with Crippen LogP contribution in [0.4, 0.5) is 14.5 Å². The van der Waals surface area contributed by atoms with E-state index in [0.29, 0.717) is 5.56 Å². The number of nitrogens with one attached hydrogen (secondary N) is 1. The summed E-state index contributed by atoms with van der Waals surface area (Å²) in [7, 11) is 0. The molecule has 25 heavy (non-hydrogen) atoms. The second-order valence-corrected chi connectivity index (χ2v) is 5.62. The molecular formula is C18H22F2IN3O. The summed E-state index contributed by atoms with van der Waals surface area (Å²) in [6.45, 7) is 3.18. The molecule has 2 aromatic rings. The van der Waals surface area contributed by atoms with Crippen LogP contribution in [-0.2, 0) is 6.54 Å². The predicted octanol–water partition coefficient (Wildman–Crippen LogP) is 4.76. The van der Waals surface area contributed by atoms with Gasteiger partial charge in [0.1, 0.15) is 5.75 Å². The molecule has 0 aliphatic carbocycles. The molecule has 0 atom stereocenters. The number of benzene rings is 2. The van der Waals surface area contributed by atoms with Gasteiger partial charge in [0, 0.05) is 11.3 Å². The van der Waals surface area contributed by atoms with Crippen LogP contribution in [0.3, 0.4) is 0 Å². The minimum absolute atomic E-state index is 0. The molecule has 7 heteroatoms. The van der Waals surface area contributed by atoms with Crippen molar-refractivity contribution in [2.45, 2.75) is 33.9 Å². The van der Waals surface area contributed by atoms with Crippen LogP contribution < -0.4 is 15.8 Å². The molecule has 2 aromatic carbocycles. The first-order valence-corrected chi connectivity index (χ1v) is 7.53. The first-order valence-electron chi connectivity index (χ1n) is 7.53. The van der Waals surface area contributed by atoms with Crippen LogP contribution in [0.15, 0.2) is 41.4 Å². The van der Waals surface area contributed by atoms with Gasteiger partial charge in [0.25, 0.3) is 0 Å². The molecule has 0 radical (unpaired) electrons. The van der Waals surface area contributed by atoms with Gasteiger partial charge in [-0.25, -0.2) is 4.99 Å². The van der Waals surface area contributed by atoms with E-state index >= 15 is 0 Å². The second-order valence-electron chi connectivity index (χ2n) is 5.62. The molecule has 2 rings (SSSR count). The molecule has 0 spiro atoms. The molecule has 4 nitrogen and oxygen atoms in total. The van der Waals surface area contributed by atoms with Crippen LogP contribution in [-0.4, -0.2) is 12.6 Å². The number of rotatable bonds is 5. The largest absolute Gasteiger partial charge is 0.434 e. The van der Waals surface area contributed by atoms with Crippen LogP contribution in [0.5, 0.6) is 5.75 Å². The van der Waals surface area contributed by atoms with Gasteiger partial charge in [0.2, 0.25) is 0 Å². The Morgan fingerprint density at radius 3 is 2.48 bits per heavy atom. The zero-order valence-corrected chi connectivity index (χ0v) is 16.7. The minimum Gasteiger partial charge on any atom is -0.434 e. The van der Waals surface area contributed by atoms with Crippen LogP contribution in [0.25, 0.3) is 0 Å². The number of nitrogens with zero attached hydrogens (tertiary/aromatic N) is 1. The van der Waals surface area contributed by atoms with Crippen molar-refractivity contribution in [3.8, 4) is 5.75 Å². The van der Waals surface area contributed by atoms with Gasteiger partial charge in [-0.3, -0.25) is 0 Å². The summed E-state index contributed by atoms with van der Waals surface area (Å²) in [6, 6.07) is 10.8. The summed E-state index contributed by atoms with van der Waals surface area (Å²) in [6.07, 6.45) is 0. The van der Waals surface area contributed by atoms with Crippen LogP contribution in [0.2, 0.25) is 0 Å². The average molecular weight is 461 g/mol. The summed E-state index contributed by atoms with van der Waals surface area (Å²) in [5.41, 5.74) is 10.5. The highest BCUT2D eigenvalue weighted by Crippen LogP contribution is 2.23. The highest BCUT2D eigenvalue weighted by atomic mass is 127. The standard InChI is InChI=1S/C18H21F2N3O.HI/c1-11-4-7-16(24-17(19)20)14(8-11)10-22-18(21)23-15-6-5-12(2)13(3)9-15;/h4-9,17H,10H2,1-3H3,(H3,21,22,23);1H. The van der Waals surface area contributed by atoms with E-state index in [0.717, 1.165) is 16.8 Å². The van der Waals surface area contributed by atoms with Gasteiger partial charge in [0.15, 0.2) is 5.96 Å². The lowest BCUT2D eigenvalue weighted by Gasteiger charge is -2.11. The van der Waals surface area contributed by atoms with Gasteiger partial charge in [-0.1, -0.05) is 23.8 Å². The van der Waals surface area contributed by atoms with Crippen molar-refractivity contribution in [3.05, 3.63) is 58.7 Å². The van der Waals surface area contributed by atoms with E-state index in [9.17, 15) is 8.78 Å². The number of aryl methyl sites for hydroxylation is 3. The highest BCUT2D eigenvalue weighted by molar-refractivity contribution is 14.0. The fraction of sp³-hybridized carbons (Fsp3) is 0.278. The average Bonchev–Trinajstić information content (AvgIpc) is 2.51. The lowest BCUT2D eigenvalue weighted by Crippen LogP contribution is -2.22. The number of hydrogen-bond donors (Lipinski definition) is 2. The smallest absolute Gasteiger partial charge is 0.387 e. The molecule has 0 fully saturated rings. The van der Waals surface area contributed by atoms with E-state index in [4.69, 9.17) is 5.73 Å². The first kappa shape index (κ1) is 21.1. The maximum atomic E-state index is 12.5. The lowest BCUT2D eigenvalue weighted by molar-refractivity contribution is -0.0504. The van der Waals surface area contributed by atoms with Crippen LogP contribution >= 0.6 is 24.0 Å². The molecule has 0 aromatic heterocycles. The summed E-state index contributed by atoms with van der Waals surface area (Å²) < 4.78 is 29.4. The summed E-state index contributed by atoms with van der Waals surface area (Å²) in [5, 5.41) is 2.99. The van der Waals surface area contributed by atoms with Gasteiger partial charge in [-0.2, -0.15) is 8.78 Å². The van der Waals surface area contributed by atoms with Gasteiger partial charge >= 0.3 is 6.61 Å². The molecule has 136 valence electrons. The Morgan fingerprint density at radius 2 is 1.84 bits per heavy atom. The number of nitrogens with two attached hydrogens (primary N) is 1. The number of ether oxygens (including phenoxy) is 1. The summed E-state index contributed by atoms with van der Waals surface area (Å²) in [5.74, 6) is 0.320. The van der Waals surface area contributed by atoms with Gasteiger partial charge in [-0.05, 0) is 50.1 Å². The molecule has 3 N–H and O–H groups in total. The zero-order chi connectivity index (χ0) is 17.7. The number of alkyl halides is 2. The zero-order valence-electron chi connectivity index (χ0n) is 14.3. The molecule has 0 unspecified atom stereocenters. The summed E-state index contributed by atoms with van der Waals surface area (Å²) >= 11 is 0. The highest BCUT2D eigenvalue weighted by Gasteiger charge is 2.09. The third-order valence-electron chi connectivity index (χ3n) is 3.63. The molecule has 0 aliphatic heterocycles. The molecule has 0 heterocycles. The van der Waals surface area contributed by atoms with Crippen molar-refractivity contribution < 1.29 is 13.5 Å². The van der Waals surface area contributed by atoms with E-state index in [1.165, 1.54) is 11.6 Å². The maximum absolute atomic E-state index is 12.5. The van der Waals surface area contributed by atoms with E-state index < -0.39 is 6.61 Å². The first-order chi connectivity index (χ1) is 11.3. The number of hydrogen-bond acceptors (Lipinski definition) is 2. The van der Waals surface area contributed by atoms with Crippen molar-refractivity contribution >= 4 is 35.6 Å². The minimum atomic E-state index is -2.87. The van der Waals surface area contributed by atoms with Gasteiger partial charge in [0.05, 0.1) is 6.54 Å². The van der Waals surface area contributed by atoms with Crippen molar-refractivity contribution in [2.24, 2.45) is 10.7 Å². The number of anilines is 1. The Morgan fingerprint density at radius 1 is 1.12 bits per heavy atom. The van der Waals surface area contributed by atoms with Crippen molar-refractivity contribution in [1.82, 2.24) is 0 Å². The van der Waals surface area contributed by atoms with Crippen molar-refractivity contribution in [3.63, 3.8) is 0 Å². The maximum Gasteiger partial charge on any atom is 0.387 e. The quantitative estimate of drug-likeness (QED) is 0.384. The Labute approximate surface area is 163 Å². The Bertz CT molecular complexity index is 751. The van der Waals surface area contributed by atoms with Crippen LogP contribution in [0.1, 0.15) is 22.3 Å². The van der Waals surface area contributed by atoms with Gasteiger partial charge < -0.3 is 15.8 Å². The molecule has 0 amide bonds. The second kappa shape index (κ2) is 9.55. The molecule has 0 saturated heterocycles. The fourth-order valence-electron chi connectivity index (χ4n) is 2.22. The third kappa shape index (κ3) is 6.49. The van der Waals surface area contributed by atoms with E-state index in [-0.39, 0.29) is 42.2 Å².